The molecule has 3 rings (SSSR count). The van der Waals surface area contributed by atoms with Gasteiger partial charge in [0.1, 0.15) is 0 Å². The number of ether oxygens (including phenoxy) is 1. The lowest BCUT2D eigenvalue weighted by molar-refractivity contribution is -0.131. The fourth-order valence-corrected chi connectivity index (χ4v) is 4.28. The van der Waals surface area contributed by atoms with Gasteiger partial charge in [0.2, 0.25) is 5.91 Å². The minimum Gasteiger partial charge on any atom is -0.373 e. The van der Waals surface area contributed by atoms with Gasteiger partial charge in [-0.15, -0.1) is 0 Å². The van der Waals surface area contributed by atoms with Gasteiger partial charge in [0.25, 0.3) is 0 Å². The van der Waals surface area contributed by atoms with Gasteiger partial charge in [-0.3, -0.25) is 4.79 Å². The molecule has 1 saturated carbocycles. The zero-order valence-corrected chi connectivity index (χ0v) is 13.3. The van der Waals surface area contributed by atoms with Crippen LogP contribution in [0.4, 0.5) is 0 Å². The Morgan fingerprint density at radius 1 is 1.71 bits per heavy atom. The van der Waals surface area contributed by atoms with Gasteiger partial charge < -0.3 is 9.64 Å². The predicted octanol–water partition coefficient (Wildman–Crippen LogP) is 2.93. The summed E-state index contributed by atoms with van der Waals surface area (Å²) in [5.41, 5.74) is 1.02. The van der Waals surface area contributed by atoms with Crippen LogP contribution in [0.25, 0.3) is 0 Å². The van der Waals surface area contributed by atoms with Crippen molar-refractivity contribution >= 4 is 17.4 Å². The van der Waals surface area contributed by atoms with Crippen molar-refractivity contribution in [3.05, 3.63) is 29.3 Å². The van der Waals surface area contributed by atoms with Crippen LogP contribution in [0, 0.1) is 12.8 Å². The van der Waals surface area contributed by atoms with Crippen molar-refractivity contribution in [3.63, 3.8) is 0 Å². The molecule has 2 atom stereocenters. The maximum atomic E-state index is 12.2. The van der Waals surface area contributed by atoms with E-state index in [4.69, 9.17) is 4.74 Å². The lowest BCUT2D eigenvalue weighted by Gasteiger charge is -2.36. The number of hydrogen-bond donors (Lipinski definition) is 0. The lowest BCUT2D eigenvalue weighted by atomic mass is 9.81. The number of aromatic nitrogens is 1. The van der Waals surface area contributed by atoms with Gasteiger partial charge in [0.05, 0.1) is 25.3 Å². The maximum absolute atomic E-state index is 12.2. The molecule has 1 aromatic heterocycles. The van der Waals surface area contributed by atoms with Crippen LogP contribution < -0.4 is 0 Å². The van der Waals surface area contributed by atoms with Crippen LogP contribution >= 0.6 is 11.5 Å². The first-order chi connectivity index (χ1) is 10.1. The van der Waals surface area contributed by atoms with E-state index in [2.05, 4.69) is 11.0 Å². The summed E-state index contributed by atoms with van der Waals surface area (Å²) in [6, 6.07) is 0. The van der Waals surface area contributed by atoms with Gasteiger partial charge in [-0.25, -0.2) is 4.37 Å². The number of aryl methyl sites for hydroxylation is 1. The highest BCUT2D eigenvalue weighted by molar-refractivity contribution is 7.05. The fraction of sp³-hybridized carbons (Fsp3) is 0.625. The number of carbonyl (C=O) groups excluding carboxylic acids is 1. The molecule has 2 unspecified atom stereocenters. The SMILES string of the molecule is C=CC(=O)N(Cc1sncc1C)CC12CCCC(CO1)C2. The summed E-state index contributed by atoms with van der Waals surface area (Å²) in [4.78, 5) is 15.3. The van der Waals surface area contributed by atoms with Crippen LogP contribution in [-0.4, -0.2) is 33.9 Å². The van der Waals surface area contributed by atoms with Crippen LogP contribution in [0.5, 0.6) is 0 Å². The van der Waals surface area contributed by atoms with E-state index in [-0.39, 0.29) is 11.5 Å². The molecule has 2 bridgehead atoms. The summed E-state index contributed by atoms with van der Waals surface area (Å²) < 4.78 is 10.3. The molecule has 1 aromatic rings. The quantitative estimate of drug-likeness (QED) is 0.786. The topological polar surface area (TPSA) is 42.4 Å². The highest BCUT2D eigenvalue weighted by Gasteiger charge is 2.44. The molecule has 2 heterocycles. The number of hydrogen-bond acceptors (Lipinski definition) is 4. The molecule has 21 heavy (non-hydrogen) atoms. The average molecular weight is 306 g/mol. The lowest BCUT2D eigenvalue weighted by Crippen LogP contribution is -2.45. The molecule has 1 aliphatic carbocycles. The molecular formula is C16H22N2O2S. The van der Waals surface area contributed by atoms with Crippen molar-refractivity contribution in [1.29, 1.82) is 0 Å². The van der Waals surface area contributed by atoms with Gasteiger partial charge in [-0.1, -0.05) is 13.0 Å². The van der Waals surface area contributed by atoms with Crippen LogP contribution in [0.15, 0.2) is 18.9 Å². The highest BCUT2D eigenvalue weighted by Crippen LogP contribution is 2.42. The Bertz CT molecular complexity index is 538. The molecule has 2 aliphatic rings. The number of fused-ring (bicyclic) bond motifs is 2. The van der Waals surface area contributed by atoms with Crippen LogP contribution in [-0.2, 0) is 16.1 Å². The molecule has 1 saturated heterocycles. The number of nitrogens with zero attached hydrogens (tertiary/aromatic N) is 2. The summed E-state index contributed by atoms with van der Waals surface area (Å²) in [7, 11) is 0. The van der Waals surface area contributed by atoms with Crippen molar-refractivity contribution < 1.29 is 9.53 Å². The standard InChI is InChI=1S/C16H22N2O2S/c1-3-15(19)18(9-14-12(2)8-17-21-14)11-16-6-4-5-13(7-16)10-20-16/h3,8,13H,1,4-7,9-11H2,2H3. The zero-order chi connectivity index (χ0) is 14.9. The second kappa shape index (κ2) is 5.89. The van der Waals surface area contributed by atoms with E-state index in [0.29, 0.717) is 19.0 Å². The summed E-state index contributed by atoms with van der Waals surface area (Å²) in [6.45, 7) is 7.82. The minimum absolute atomic E-state index is 0.0187. The van der Waals surface area contributed by atoms with Gasteiger partial charge in [0, 0.05) is 11.1 Å². The van der Waals surface area contributed by atoms with Crippen molar-refractivity contribution in [3.8, 4) is 0 Å². The number of amides is 1. The summed E-state index contributed by atoms with van der Waals surface area (Å²) >= 11 is 1.47. The fourth-order valence-electron chi connectivity index (χ4n) is 3.53. The van der Waals surface area contributed by atoms with Gasteiger partial charge in [-0.05, 0) is 55.3 Å². The van der Waals surface area contributed by atoms with Crippen molar-refractivity contribution in [2.24, 2.45) is 5.92 Å². The molecule has 1 amide bonds. The van der Waals surface area contributed by atoms with Gasteiger partial charge in [-0.2, -0.15) is 0 Å². The monoisotopic (exact) mass is 306 g/mol. The molecule has 0 spiro atoms. The molecule has 114 valence electrons. The Labute approximate surface area is 130 Å². The Balaban J connectivity index is 1.75. The normalized spacial score (nSPS) is 27.6. The Morgan fingerprint density at radius 2 is 2.57 bits per heavy atom. The number of carbonyl (C=O) groups is 1. The van der Waals surface area contributed by atoms with E-state index in [1.165, 1.54) is 30.5 Å². The van der Waals surface area contributed by atoms with E-state index in [9.17, 15) is 4.79 Å². The third-order valence-corrected chi connectivity index (χ3v) is 5.56. The third kappa shape index (κ3) is 3.04. The van der Waals surface area contributed by atoms with E-state index in [1.807, 2.05) is 18.0 Å². The highest BCUT2D eigenvalue weighted by atomic mass is 32.1. The van der Waals surface area contributed by atoms with Crippen molar-refractivity contribution in [1.82, 2.24) is 9.27 Å². The summed E-state index contributed by atoms with van der Waals surface area (Å²) in [6.07, 6.45) is 7.90. The largest absolute Gasteiger partial charge is 0.373 e. The minimum atomic E-state index is -0.125. The van der Waals surface area contributed by atoms with E-state index in [1.54, 1.807) is 0 Å². The second-order valence-electron chi connectivity index (χ2n) is 6.29. The van der Waals surface area contributed by atoms with Crippen molar-refractivity contribution in [2.75, 3.05) is 13.2 Å². The number of rotatable bonds is 5. The Morgan fingerprint density at radius 3 is 3.29 bits per heavy atom. The molecule has 5 heteroatoms. The molecule has 1 aliphatic heterocycles. The first-order valence-electron chi connectivity index (χ1n) is 7.57. The smallest absolute Gasteiger partial charge is 0.246 e. The summed E-state index contributed by atoms with van der Waals surface area (Å²) in [5, 5.41) is 0. The second-order valence-corrected chi connectivity index (χ2v) is 7.17. The molecule has 0 aromatic carbocycles. The first kappa shape index (κ1) is 14.7. The molecule has 0 radical (unpaired) electrons. The van der Waals surface area contributed by atoms with Crippen molar-refractivity contribution in [2.45, 2.75) is 44.8 Å². The van der Waals surface area contributed by atoms with Gasteiger partial charge in [0.15, 0.2) is 0 Å². The zero-order valence-electron chi connectivity index (χ0n) is 12.5. The molecule has 4 nitrogen and oxygen atoms in total. The Hall–Kier alpha value is -1.20. The summed E-state index contributed by atoms with van der Waals surface area (Å²) in [5.74, 6) is 0.666. The van der Waals surface area contributed by atoms with Crippen LogP contribution in [0.3, 0.4) is 0 Å². The molecule has 0 N–H and O–H groups in total. The first-order valence-corrected chi connectivity index (χ1v) is 8.35. The van der Waals surface area contributed by atoms with Gasteiger partial charge >= 0.3 is 0 Å². The molecular weight excluding hydrogens is 284 g/mol. The Kier molecular flexibility index (Phi) is 4.13. The van der Waals surface area contributed by atoms with E-state index >= 15 is 0 Å². The average Bonchev–Trinajstić information content (AvgIpc) is 3.01. The molecule has 2 fully saturated rings. The predicted molar refractivity (Wildman–Crippen MR) is 83.1 cm³/mol. The van der Waals surface area contributed by atoms with Crippen LogP contribution in [0.1, 0.15) is 36.1 Å². The third-order valence-electron chi connectivity index (χ3n) is 4.68. The van der Waals surface area contributed by atoms with E-state index in [0.717, 1.165) is 29.9 Å². The van der Waals surface area contributed by atoms with E-state index < -0.39 is 0 Å². The maximum Gasteiger partial charge on any atom is 0.246 e. The van der Waals surface area contributed by atoms with Crippen LogP contribution in [0.2, 0.25) is 0 Å².